The number of aromatic nitrogens is 1. The molecule has 0 unspecified atom stereocenters. The van der Waals surface area contributed by atoms with E-state index in [1.807, 2.05) is 6.92 Å². The predicted octanol–water partition coefficient (Wildman–Crippen LogP) is 4.04. The van der Waals surface area contributed by atoms with E-state index in [0.717, 1.165) is 18.6 Å². The summed E-state index contributed by atoms with van der Waals surface area (Å²) in [7, 11) is 0. The minimum Gasteiger partial charge on any atom is -0.493 e. The summed E-state index contributed by atoms with van der Waals surface area (Å²) in [5.74, 6) is 0.565. The maximum Gasteiger partial charge on any atom is 0.416 e. The second kappa shape index (κ2) is 4.84. The van der Waals surface area contributed by atoms with Crippen LogP contribution in [-0.4, -0.2) is 11.6 Å². The minimum atomic E-state index is -4.35. The number of nitrogens with zero attached hydrogens (tertiary/aromatic N) is 1. The van der Waals surface area contributed by atoms with Gasteiger partial charge in [0.2, 0.25) is 0 Å². The molecule has 5 heteroatoms. The summed E-state index contributed by atoms with van der Waals surface area (Å²) in [6.45, 7) is 2.49. The first-order chi connectivity index (χ1) is 8.52. The number of benzene rings is 1. The van der Waals surface area contributed by atoms with Crippen molar-refractivity contribution in [2.24, 2.45) is 0 Å². The van der Waals surface area contributed by atoms with Crippen LogP contribution in [0.2, 0.25) is 0 Å². The van der Waals surface area contributed by atoms with Gasteiger partial charge in [-0.3, -0.25) is 4.98 Å². The van der Waals surface area contributed by atoms with Gasteiger partial charge in [-0.05, 0) is 30.7 Å². The smallest absolute Gasteiger partial charge is 0.416 e. The quantitative estimate of drug-likeness (QED) is 0.825. The maximum atomic E-state index is 12.6. The highest BCUT2D eigenvalue weighted by atomic mass is 19.4. The van der Waals surface area contributed by atoms with Crippen LogP contribution in [0.15, 0.2) is 30.5 Å². The topological polar surface area (TPSA) is 22.1 Å². The molecule has 1 heterocycles. The van der Waals surface area contributed by atoms with Crippen LogP contribution in [0.5, 0.6) is 5.75 Å². The van der Waals surface area contributed by atoms with Gasteiger partial charge >= 0.3 is 6.18 Å². The normalized spacial score (nSPS) is 11.8. The molecule has 0 spiro atoms. The van der Waals surface area contributed by atoms with Gasteiger partial charge < -0.3 is 4.74 Å². The van der Waals surface area contributed by atoms with Crippen LogP contribution >= 0.6 is 0 Å². The average Bonchev–Trinajstić information content (AvgIpc) is 2.34. The van der Waals surface area contributed by atoms with Crippen LogP contribution in [0.4, 0.5) is 13.2 Å². The molecule has 1 aromatic heterocycles. The Bertz CT molecular complexity index is 551. The van der Waals surface area contributed by atoms with E-state index in [2.05, 4.69) is 4.98 Å². The van der Waals surface area contributed by atoms with Crippen LogP contribution in [-0.2, 0) is 6.18 Å². The summed E-state index contributed by atoms with van der Waals surface area (Å²) in [6, 6.07) is 5.14. The number of fused-ring (bicyclic) bond motifs is 1. The van der Waals surface area contributed by atoms with Crippen molar-refractivity contribution in [3.63, 3.8) is 0 Å². The molecule has 1 aromatic carbocycles. The monoisotopic (exact) mass is 255 g/mol. The van der Waals surface area contributed by atoms with Crippen molar-refractivity contribution in [3.05, 3.63) is 36.0 Å². The molecule has 0 radical (unpaired) electrons. The highest BCUT2D eigenvalue weighted by Crippen LogP contribution is 2.33. The van der Waals surface area contributed by atoms with E-state index in [1.54, 1.807) is 6.07 Å². The summed E-state index contributed by atoms with van der Waals surface area (Å²) < 4.78 is 43.2. The van der Waals surface area contributed by atoms with E-state index in [9.17, 15) is 13.2 Å². The molecule has 2 nitrogen and oxygen atoms in total. The first-order valence-corrected chi connectivity index (χ1v) is 5.61. The Kier molecular flexibility index (Phi) is 3.41. The fraction of sp³-hybridized carbons (Fsp3) is 0.308. The van der Waals surface area contributed by atoms with Gasteiger partial charge in [0.05, 0.1) is 17.7 Å². The first-order valence-electron chi connectivity index (χ1n) is 5.61. The Labute approximate surface area is 102 Å². The van der Waals surface area contributed by atoms with Gasteiger partial charge in [-0.2, -0.15) is 13.2 Å². The van der Waals surface area contributed by atoms with E-state index >= 15 is 0 Å². The van der Waals surface area contributed by atoms with Crippen LogP contribution in [0.3, 0.4) is 0 Å². The van der Waals surface area contributed by atoms with Crippen molar-refractivity contribution >= 4 is 10.9 Å². The van der Waals surface area contributed by atoms with Crippen LogP contribution in [0.1, 0.15) is 18.9 Å². The molecule has 0 bridgehead atoms. The number of halogens is 3. The van der Waals surface area contributed by atoms with Crippen molar-refractivity contribution in [1.82, 2.24) is 4.98 Å². The molecule has 0 saturated carbocycles. The fourth-order valence-corrected chi connectivity index (χ4v) is 1.64. The van der Waals surface area contributed by atoms with Crippen molar-refractivity contribution in [2.45, 2.75) is 19.5 Å². The Morgan fingerprint density at radius 2 is 2.00 bits per heavy atom. The zero-order chi connectivity index (χ0) is 13.2. The van der Waals surface area contributed by atoms with E-state index in [0.29, 0.717) is 23.3 Å². The third-order valence-corrected chi connectivity index (χ3v) is 2.49. The van der Waals surface area contributed by atoms with Crippen LogP contribution in [0.25, 0.3) is 10.9 Å². The standard InChI is InChI=1S/C13H12F3NO/c1-2-7-18-12-5-6-17-11-8-9(13(14,15)16)3-4-10(11)12/h3-6,8H,2,7H2,1H3. The Morgan fingerprint density at radius 3 is 2.67 bits per heavy atom. The fourth-order valence-electron chi connectivity index (χ4n) is 1.64. The van der Waals surface area contributed by atoms with Gasteiger partial charge in [-0.15, -0.1) is 0 Å². The number of rotatable bonds is 3. The first kappa shape index (κ1) is 12.7. The number of hydrogen-bond donors (Lipinski definition) is 0. The predicted molar refractivity (Wildman–Crippen MR) is 62.5 cm³/mol. The minimum absolute atomic E-state index is 0.290. The molecule has 0 atom stereocenters. The number of ether oxygens (including phenoxy) is 1. The van der Waals surface area contributed by atoms with Crippen molar-refractivity contribution in [3.8, 4) is 5.75 Å². The largest absolute Gasteiger partial charge is 0.493 e. The third-order valence-electron chi connectivity index (χ3n) is 2.49. The summed E-state index contributed by atoms with van der Waals surface area (Å²) in [5, 5.41) is 0.596. The molecule has 2 aromatic rings. The maximum absolute atomic E-state index is 12.6. The van der Waals surface area contributed by atoms with Gasteiger partial charge in [-0.1, -0.05) is 6.92 Å². The summed E-state index contributed by atoms with van der Waals surface area (Å²) in [5.41, 5.74) is -0.409. The second-order valence-electron chi connectivity index (χ2n) is 3.89. The lowest BCUT2D eigenvalue weighted by molar-refractivity contribution is -0.137. The molecule has 96 valence electrons. The average molecular weight is 255 g/mol. The summed E-state index contributed by atoms with van der Waals surface area (Å²) >= 11 is 0. The molecule has 0 N–H and O–H groups in total. The van der Waals surface area contributed by atoms with E-state index in [4.69, 9.17) is 4.74 Å². The molecule has 0 amide bonds. The molecule has 18 heavy (non-hydrogen) atoms. The van der Waals surface area contributed by atoms with Crippen LogP contribution in [0, 0.1) is 0 Å². The van der Waals surface area contributed by atoms with Crippen molar-refractivity contribution < 1.29 is 17.9 Å². The van der Waals surface area contributed by atoms with E-state index in [1.165, 1.54) is 12.3 Å². The van der Waals surface area contributed by atoms with Gasteiger partial charge in [-0.25, -0.2) is 0 Å². The Balaban J connectivity index is 2.46. The van der Waals surface area contributed by atoms with E-state index < -0.39 is 11.7 Å². The SMILES string of the molecule is CCCOc1ccnc2cc(C(F)(F)F)ccc12. The zero-order valence-electron chi connectivity index (χ0n) is 9.79. The summed E-state index contributed by atoms with van der Waals surface area (Å²) in [6.07, 6.45) is -2.06. The molecule has 0 aliphatic carbocycles. The van der Waals surface area contributed by atoms with Crippen molar-refractivity contribution in [2.75, 3.05) is 6.61 Å². The lowest BCUT2D eigenvalue weighted by Crippen LogP contribution is -2.05. The molecular weight excluding hydrogens is 243 g/mol. The zero-order valence-corrected chi connectivity index (χ0v) is 9.79. The third kappa shape index (κ3) is 2.55. The van der Waals surface area contributed by atoms with E-state index in [-0.39, 0.29) is 0 Å². The van der Waals surface area contributed by atoms with Gasteiger partial charge in [0.1, 0.15) is 5.75 Å². The Morgan fingerprint density at radius 1 is 1.22 bits per heavy atom. The summed E-state index contributed by atoms with van der Waals surface area (Å²) in [4.78, 5) is 3.94. The molecule has 0 saturated heterocycles. The lowest BCUT2D eigenvalue weighted by Gasteiger charge is -2.10. The van der Waals surface area contributed by atoms with Gasteiger partial charge in [0, 0.05) is 11.6 Å². The van der Waals surface area contributed by atoms with Crippen molar-refractivity contribution in [1.29, 1.82) is 0 Å². The highest BCUT2D eigenvalue weighted by Gasteiger charge is 2.30. The van der Waals surface area contributed by atoms with Gasteiger partial charge in [0.15, 0.2) is 0 Å². The Hall–Kier alpha value is -1.78. The lowest BCUT2D eigenvalue weighted by atomic mass is 10.1. The molecule has 0 fully saturated rings. The highest BCUT2D eigenvalue weighted by molar-refractivity contribution is 5.85. The van der Waals surface area contributed by atoms with Gasteiger partial charge in [0.25, 0.3) is 0 Å². The number of pyridine rings is 1. The number of alkyl halides is 3. The molecule has 2 rings (SSSR count). The second-order valence-corrected chi connectivity index (χ2v) is 3.89. The molecule has 0 aliphatic heterocycles. The number of hydrogen-bond acceptors (Lipinski definition) is 2. The molecular formula is C13H12F3NO. The van der Waals surface area contributed by atoms with Crippen LogP contribution < -0.4 is 4.74 Å². The molecule has 0 aliphatic rings.